The van der Waals surface area contributed by atoms with Gasteiger partial charge in [-0.1, -0.05) is 25.0 Å². The first-order chi connectivity index (χ1) is 7.75. The van der Waals surface area contributed by atoms with E-state index in [1.807, 2.05) is 17.8 Å². The zero-order valence-electron chi connectivity index (χ0n) is 9.36. The van der Waals surface area contributed by atoms with Crippen LogP contribution in [0, 0.1) is 5.92 Å². The Kier molecular flexibility index (Phi) is 4.74. The molecule has 0 heterocycles. The Hall–Kier alpha value is 0.01000. The average Bonchev–Trinajstić information content (AvgIpc) is 3.09. The van der Waals surface area contributed by atoms with Crippen molar-refractivity contribution in [2.24, 2.45) is 11.7 Å². The van der Waals surface area contributed by atoms with E-state index < -0.39 is 0 Å². The summed E-state index contributed by atoms with van der Waals surface area (Å²) in [7, 11) is 0. The Labute approximate surface area is 110 Å². The number of halogens is 1. The molecule has 1 saturated carbocycles. The van der Waals surface area contributed by atoms with Crippen LogP contribution in [0.1, 0.15) is 25.7 Å². The van der Waals surface area contributed by atoms with Crippen LogP contribution in [0.25, 0.3) is 0 Å². The van der Waals surface area contributed by atoms with E-state index in [1.54, 1.807) is 0 Å². The highest BCUT2D eigenvalue weighted by Crippen LogP contribution is 2.34. The SMILES string of the molecule is NC(CCC1CC1)CSc1ccccc1Br. The molecular formula is C13H18BrNS. The van der Waals surface area contributed by atoms with Gasteiger partial charge in [0.2, 0.25) is 0 Å². The lowest BCUT2D eigenvalue weighted by molar-refractivity contribution is 0.591. The minimum atomic E-state index is 0.345. The van der Waals surface area contributed by atoms with Crippen molar-refractivity contribution in [3.8, 4) is 0 Å². The van der Waals surface area contributed by atoms with Gasteiger partial charge in [-0.3, -0.25) is 0 Å². The van der Waals surface area contributed by atoms with Crippen molar-refractivity contribution in [2.45, 2.75) is 36.6 Å². The normalized spacial score (nSPS) is 17.4. The summed E-state index contributed by atoms with van der Waals surface area (Å²) < 4.78 is 1.18. The largest absolute Gasteiger partial charge is 0.327 e. The summed E-state index contributed by atoms with van der Waals surface area (Å²) in [6.07, 6.45) is 5.38. The number of thioether (sulfide) groups is 1. The maximum atomic E-state index is 6.11. The molecule has 1 nitrogen and oxygen atoms in total. The molecule has 1 atom stereocenters. The van der Waals surface area contributed by atoms with E-state index in [-0.39, 0.29) is 0 Å². The number of nitrogens with two attached hydrogens (primary N) is 1. The van der Waals surface area contributed by atoms with Crippen LogP contribution >= 0.6 is 27.7 Å². The Morgan fingerprint density at radius 2 is 2.12 bits per heavy atom. The molecule has 1 aliphatic carbocycles. The number of rotatable bonds is 6. The molecule has 1 aromatic rings. The van der Waals surface area contributed by atoms with Crippen LogP contribution in [0.2, 0.25) is 0 Å². The maximum absolute atomic E-state index is 6.11. The van der Waals surface area contributed by atoms with Crippen LogP contribution in [0.5, 0.6) is 0 Å². The molecule has 2 N–H and O–H groups in total. The number of hydrogen-bond donors (Lipinski definition) is 1. The molecule has 1 fully saturated rings. The van der Waals surface area contributed by atoms with Gasteiger partial charge in [-0.2, -0.15) is 0 Å². The lowest BCUT2D eigenvalue weighted by Crippen LogP contribution is -2.22. The minimum Gasteiger partial charge on any atom is -0.327 e. The van der Waals surface area contributed by atoms with Gasteiger partial charge in [0.05, 0.1) is 0 Å². The summed E-state index contributed by atoms with van der Waals surface area (Å²) in [5.41, 5.74) is 6.11. The van der Waals surface area contributed by atoms with E-state index in [4.69, 9.17) is 5.73 Å². The summed E-state index contributed by atoms with van der Waals surface area (Å²) >= 11 is 5.41. The number of benzene rings is 1. The van der Waals surface area contributed by atoms with Gasteiger partial charge in [0.15, 0.2) is 0 Å². The Bertz CT molecular complexity index is 338. The van der Waals surface area contributed by atoms with Crippen molar-refractivity contribution in [1.29, 1.82) is 0 Å². The molecule has 3 heteroatoms. The predicted octanol–water partition coefficient (Wildman–Crippen LogP) is 4.06. The van der Waals surface area contributed by atoms with Crippen molar-refractivity contribution in [1.82, 2.24) is 0 Å². The Morgan fingerprint density at radius 1 is 1.38 bits per heavy atom. The molecule has 88 valence electrons. The van der Waals surface area contributed by atoms with Gasteiger partial charge in [0.25, 0.3) is 0 Å². The van der Waals surface area contributed by atoms with Crippen LogP contribution in [0.15, 0.2) is 33.6 Å². The molecule has 0 radical (unpaired) electrons. The quantitative estimate of drug-likeness (QED) is 0.802. The van der Waals surface area contributed by atoms with Gasteiger partial charge in [0, 0.05) is 21.2 Å². The molecule has 16 heavy (non-hydrogen) atoms. The van der Waals surface area contributed by atoms with E-state index >= 15 is 0 Å². The van der Waals surface area contributed by atoms with Crippen LogP contribution < -0.4 is 5.73 Å². The maximum Gasteiger partial charge on any atom is 0.0311 e. The molecule has 0 bridgehead atoms. The van der Waals surface area contributed by atoms with E-state index in [0.717, 1.165) is 11.7 Å². The second kappa shape index (κ2) is 6.08. The highest BCUT2D eigenvalue weighted by Gasteiger charge is 2.21. The molecule has 1 aliphatic rings. The molecule has 0 spiro atoms. The standard InChI is InChI=1S/C13H18BrNS/c14-12-3-1-2-4-13(12)16-9-11(15)8-7-10-5-6-10/h1-4,10-11H,5-9,15H2. The first kappa shape index (κ1) is 12.5. The second-order valence-corrected chi connectivity index (χ2v) is 6.44. The fraction of sp³-hybridized carbons (Fsp3) is 0.538. The van der Waals surface area contributed by atoms with Gasteiger partial charge < -0.3 is 5.73 Å². The van der Waals surface area contributed by atoms with Crippen LogP contribution in [0.4, 0.5) is 0 Å². The van der Waals surface area contributed by atoms with Gasteiger partial charge in [0.1, 0.15) is 0 Å². The summed E-state index contributed by atoms with van der Waals surface area (Å²) in [6, 6.07) is 8.68. The zero-order valence-corrected chi connectivity index (χ0v) is 11.8. The lowest BCUT2D eigenvalue weighted by atomic mass is 10.1. The molecule has 0 aromatic heterocycles. The Balaban J connectivity index is 1.71. The molecular weight excluding hydrogens is 282 g/mol. The fourth-order valence-corrected chi connectivity index (χ4v) is 3.27. The molecule has 1 aromatic carbocycles. The third-order valence-corrected chi connectivity index (χ3v) is 5.15. The lowest BCUT2D eigenvalue weighted by Gasteiger charge is -2.11. The average molecular weight is 300 g/mol. The van der Waals surface area contributed by atoms with Crippen molar-refractivity contribution < 1.29 is 0 Å². The van der Waals surface area contributed by atoms with E-state index in [1.165, 1.54) is 35.1 Å². The number of hydrogen-bond acceptors (Lipinski definition) is 2. The Morgan fingerprint density at radius 3 is 2.81 bits per heavy atom. The molecule has 0 saturated heterocycles. The highest BCUT2D eigenvalue weighted by atomic mass is 79.9. The second-order valence-electron chi connectivity index (χ2n) is 4.52. The molecule has 0 amide bonds. The van der Waals surface area contributed by atoms with Crippen molar-refractivity contribution in [3.05, 3.63) is 28.7 Å². The van der Waals surface area contributed by atoms with Gasteiger partial charge in [-0.05, 0) is 46.8 Å². The molecule has 0 aliphatic heterocycles. The van der Waals surface area contributed by atoms with Gasteiger partial charge in [-0.15, -0.1) is 11.8 Å². The predicted molar refractivity (Wildman–Crippen MR) is 74.8 cm³/mol. The van der Waals surface area contributed by atoms with Gasteiger partial charge >= 0.3 is 0 Å². The highest BCUT2D eigenvalue weighted by molar-refractivity contribution is 9.10. The molecule has 2 rings (SSSR count). The monoisotopic (exact) mass is 299 g/mol. The fourth-order valence-electron chi connectivity index (χ4n) is 1.70. The van der Waals surface area contributed by atoms with E-state index in [0.29, 0.717) is 6.04 Å². The first-order valence-electron chi connectivity index (χ1n) is 5.88. The summed E-state index contributed by atoms with van der Waals surface area (Å²) in [5.74, 6) is 2.02. The first-order valence-corrected chi connectivity index (χ1v) is 7.66. The summed E-state index contributed by atoms with van der Waals surface area (Å²) in [5, 5.41) is 0. The van der Waals surface area contributed by atoms with Crippen LogP contribution in [-0.4, -0.2) is 11.8 Å². The van der Waals surface area contributed by atoms with Gasteiger partial charge in [-0.25, -0.2) is 0 Å². The van der Waals surface area contributed by atoms with Crippen molar-refractivity contribution in [3.63, 3.8) is 0 Å². The molecule has 1 unspecified atom stereocenters. The summed E-state index contributed by atoms with van der Waals surface area (Å²) in [6.45, 7) is 0. The van der Waals surface area contributed by atoms with E-state index in [9.17, 15) is 0 Å². The van der Waals surface area contributed by atoms with Crippen molar-refractivity contribution >= 4 is 27.7 Å². The van der Waals surface area contributed by atoms with Crippen LogP contribution in [0.3, 0.4) is 0 Å². The van der Waals surface area contributed by atoms with Crippen molar-refractivity contribution in [2.75, 3.05) is 5.75 Å². The third-order valence-electron chi connectivity index (χ3n) is 2.93. The van der Waals surface area contributed by atoms with Crippen LogP contribution in [-0.2, 0) is 0 Å². The summed E-state index contributed by atoms with van der Waals surface area (Å²) in [4.78, 5) is 1.30. The van der Waals surface area contributed by atoms with E-state index in [2.05, 4.69) is 34.1 Å². The zero-order chi connectivity index (χ0) is 11.4. The smallest absolute Gasteiger partial charge is 0.0311 e. The third kappa shape index (κ3) is 4.11. The topological polar surface area (TPSA) is 26.0 Å². The minimum absolute atomic E-state index is 0.345.